The molecule has 3 heteroatoms. The number of Topliss-reactive ketones (excluding diaryl/α,β-unsaturated/α-hetero) is 1. The van der Waals surface area contributed by atoms with Crippen LogP contribution >= 0.6 is 8.46 Å². The van der Waals surface area contributed by atoms with Crippen LogP contribution in [-0.2, 0) is 4.57 Å². The molecule has 1 aliphatic carbocycles. The van der Waals surface area contributed by atoms with Crippen molar-refractivity contribution in [2.24, 2.45) is 23.2 Å². The van der Waals surface area contributed by atoms with Crippen LogP contribution in [-0.4, -0.2) is 11.4 Å². The zero-order chi connectivity index (χ0) is 18.4. The average molecular weight is 360 g/mol. The third-order valence-electron chi connectivity index (χ3n) is 5.85. The Morgan fingerprint density at radius 2 is 1.64 bits per heavy atom. The lowest BCUT2D eigenvalue weighted by Crippen LogP contribution is -2.41. The van der Waals surface area contributed by atoms with Crippen LogP contribution < -0.4 is 0 Å². The molecule has 1 aliphatic rings. The van der Waals surface area contributed by atoms with Gasteiger partial charge in [0, 0.05) is 11.0 Å². The Bertz CT molecular complexity index is 561. The van der Waals surface area contributed by atoms with Gasteiger partial charge in [-0.05, 0) is 43.4 Å². The summed E-state index contributed by atoms with van der Waals surface area (Å²) in [6.07, 6.45) is 6.12. The normalized spacial score (nSPS) is 20.5. The first-order chi connectivity index (χ1) is 11.9. The molecular formula is C22H33O2P. The molecule has 3 unspecified atom stereocenters. The Kier molecular flexibility index (Phi) is 7.37. The van der Waals surface area contributed by atoms with Crippen molar-refractivity contribution in [3.8, 4) is 0 Å². The molecule has 0 bridgehead atoms. The predicted octanol–water partition coefficient (Wildman–Crippen LogP) is 6.80. The molecule has 0 aliphatic heterocycles. The number of rotatable bonds is 9. The molecule has 0 heterocycles. The molecular weight excluding hydrogens is 327 g/mol. The third kappa shape index (κ3) is 4.79. The number of ketones is 1. The van der Waals surface area contributed by atoms with E-state index in [1.807, 2.05) is 30.3 Å². The molecule has 138 valence electrons. The van der Waals surface area contributed by atoms with Gasteiger partial charge in [0.1, 0.15) is 0 Å². The van der Waals surface area contributed by atoms with Gasteiger partial charge in [0.25, 0.3) is 0 Å². The molecule has 0 N–H and O–H groups in total. The maximum absolute atomic E-state index is 13.4. The molecule has 1 fully saturated rings. The standard InChI is InChI=1S/C22H33O2P/c1-16(2)14-17(3)15-18(4)21(25-24)22(12-8-9-13-22)20(23)19-10-6-5-7-11-19/h5-7,10-11,16-18,21H,8-9,12-15H2,1-4H3. The molecule has 0 saturated heterocycles. The smallest absolute Gasteiger partial charge is 0.170 e. The van der Waals surface area contributed by atoms with Crippen molar-refractivity contribution >= 4 is 14.2 Å². The van der Waals surface area contributed by atoms with Crippen LogP contribution in [0.15, 0.2) is 30.3 Å². The van der Waals surface area contributed by atoms with Crippen molar-refractivity contribution < 1.29 is 9.36 Å². The molecule has 2 nitrogen and oxygen atoms in total. The lowest BCUT2D eigenvalue weighted by atomic mass is 9.70. The lowest BCUT2D eigenvalue weighted by molar-refractivity contribution is 0.0756. The lowest BCUT2D eigenvalue weighted by Gasteiger charge is -2.37. The number of hydrogen-bond acceptors (Lipinski definition) is 2. The summed E-state index contributed by atoms with van der Waals surface area (Å²) in [6, 6.07) is 9.61. The summed E-state index contributed by atoms with van der Waals surface area (Å²) in [6.45, 7) is 8.99. The Labute approximate surface area is 155 Å². The highest BCUT2D eigenvalue weighted by Crippen LogP contribution is 2.51. The topological polar surface area (TPSA) is 34.1 Å². The Morgan fingerprint density at radius 3 is 2.16 bits per heavy atom. The van der Waals surface area contributed by atoms with E-state index in [-0.39, 0.29) is 19.9 Å². The predicted molar refractivity (Wildman–Crippen MR) is 105 cm³/mol. The van der Waals surface area contributed by atoms with Gasteiger partial charge in [-0.15, -0.1) is 0 Å². The van der Waals surface area contributed by atoms with Crippen molar-refractivity contribution in [2.75, 3.05) is 0 Å². The molecule has 0 radical (unpaired) electrons. The van der Waals surface area contributed by atoms with Gasteiger partial charge in [0.15, 0.2) is 14.2 Å². The SMILES string of the molecule is CC(C)CC(C)CC(C)C(P=O)C1(C(=O)c2ccccc2)CCCC1. The number of benzene rings is 1. The summed E-state index contributed by atoms with van der Waals surface area (Å²) in [4.78, 5) is 13.4. The van der Waals surface area contributed by atoms with E-state index in [9.17, 15) is 9.36 Å². The quantitative estimate of drug-likeness (QED) is 0.358. The van der Waals surface area contributed by atoms with Crippen molar-refractivity contribution in [3.05, 3.63) is 35.9 Å². The fraction of sp³-hybridized carbons (Fsp3) is 0.682. The zero-order valence-electron chi connectivity index (χ0n) is 16.2. The second kappa shape index (κ2) is 9.08. The Morgan fingerprint density at radius 1 is 1.04 bits per heavy atom. The van der Waals surface area contributed by atoms with E-state index in [1.54, 1.807) is 0 Å². The van der Waals surface area contributed by atoms with E-state index in [0.29, 0.717) is 17.8 Å². The van der Waals surface area contributed by atoms with Gasteiger partial charge < -0.3 is 0 Å². The molecule has 1 aromatic rings. The molecule has 0 amide bonds. The second-order valence-corrected chi connectivity index (χ2v) is 9.32. The van der Waals surface area contributed by atoms with Gasteiger partial charge in [-0.2, -0.15) is 0 Å². The summed E-state index contributed by atoms with van der Waals surface area (Å²) in [5.74, 6) is 1.78. The Balaban J connectivity index is 2.24. The minimum atomic E-state index is -0.443. The maximum atomic E-state index is 13.4. The van der Waals surface area contributed by atoms with Crippen molar-refractivity contribution in [1.82, 2.24) is 0 Å². The van der Waals surface area contributed by atoms with E-state index < -0.39 is 5.41 Å². The monoisotopic (exact) mass is 360 g/mol. The average Bonchev–Trinajstić information content (AvgIpc) is 3.05. The van der Waals surface area contributed by atoms with Crippen LogP contribution in [0.5, 0.6) is 0 Å². The van der Waals surface area contributed by atoms with Gasteiger partial charge in [-0.3, -0.25) is 9.36 Å². The minimum absolute atomic E-state index is 0.0719. The van der Waals surface area contributed by atoms with Crippen LogP contribution in [0.3, 0.4) is 0 Å². The first-order valence-electron chi connectivity index (χ1n) is 9.83. The summed E-state index contributed by atoms with van der Waals surface area (Å²) in [5, 5.41) is 0. The highest BCUT2D eigenvalue weighted by molar-refractivity contribution is 7.25. The summed E-state index contributed by atoms with van der Waals surface area (Å²) in [5.41, 5.74) is 0.263. The molecule has 0 aromatic heterocycles. The van der Waals surface area contributed by atoms with Crippen LogP contribution in [0.4, 0.5) is 0 Å². The van der Waals surface area contributed by atoms with Gasteiger partial charge in [-0.25, -0.2) is 0 Å². The molecule has 25 heavy (non-hydrogen) atoms. The first-order valence-corrected chi connectivity index (χ1v) is 10.7. The molecule has 1 aromatic carbocycles. The first kappa shape index (κ1) is 20.3. The van der Waals surface area contributed by atoms with Crippen LogP contribution in [0.1, 0.15) is 76.6 Å². The van der Waals surface area contributed by atoms with E-state index in [2.05, 4.69) is 27.7 Å². The van der Waals surface area contributed by atoms with E-state index in [4.69, 9.17) is 0 Å². The van der Waals surface area contributed by atoms with Gasteiger partial charge in [0.2, 0.25) is 0 Å². The van der Waals surface area contributed by atoms with E-state index in [0.717, 1.165) is 37.7 Å². The second-order valence-electron chi connectivity index (χ2n) is 8.56. The molecule has 1 saturated carbocycles. The van der Waals surface area contributed by atoms with Crippen molar-refractivity contribution in [1.29, 1.82) is 0 Å². The van der Waals surface area contributed by atoms with Gasteiger partial charge in [-0.1, -0.05) is 70.9 Å². The van der Waals surface area contributed by atoms with E-state index in [1.165, 1.54) is 6.42 Å². The zero-order valence-corrected chi connectivity index (χ0v) is 17.1. The van der Waals surface area contributed by atoms with Crippen LogP contribution in [0.25, 0.3) is 0 Å². The number of carbonyl (C=O) groups is 1. The summed E-state index contributed by atoms with van der Waals surface area (Å²) >= 11 is 0. The molecule has 3 atom stereocenters. The largest absolute Gasteiger partial charge is 0.294 e. The van der Waals surface area contributed by atoms with Gasteiger partial charge in [0.05, 0.1) is 5.66 Å². The molecule has 0 spiro atoms. The van der Waals surface area contributed by atoms with Crippen molar-refractivity contribution in [2.45, 2.75) is 71.9 Å². The minimum Gasteiger partial charge on any atom is -0.294 e. The summed E-state index contributed by atoms with van der Waals surface area (Å²) in [7, 11) is 0.142. The number of hydrogen-bond donors (Lipinski definition) is 0. The highest BCUT2D eigenvalue weighted by atomic mass is 31.1. The van der Waals surface area contributed by atoms with Crippen LogP contribution in [0, 0.1) is 23.2 Å². The molecule has 2 rings (SSSR count). The fourth-order valence-corrected chi connectivity index (χ4v) is 5.86. The highest BCUT2D eigenvalue weighted by Gasteiger charge is 2.50. The van der Waals surface area contributed by atoms with E-state index >= 15 is 0 Å². The summed E-state index contributed by atoms with van der Waals surface area (Å²) < 4.78 is 12.2. The van der Waals surface area contributed by atoms with Crippen molar-refractivity contribution in [3.63, 3.8) is 0 Å². The fourth-order valence-electron chi connectivity index (χ4n) is 4.95. The van der Waals surface area contributed by atoms with Crippen LogP contribution in [0.2, 0.25) is 0 Å². The van der Waals surface area contributed by atoms with Gasteiger partial charge >= 0.3 is 0 Å². The maximum Gasteiger partial charge on any atom is 0.170 e. The third-order valence-corrected chi connectivity index (χ3v) is 7.08. The Hall–Kier alpha value is -1.01. The number of carbonyl (C=O) groups excluding carboxylic acids is 1.